The Morgan fingerprint density at radius 1 is 1.25 bits per heavy atom. The number of carbonyl (C=O) groups excluding carboxylic acids is 1. The molecule has 3 unspecified atom stereocenters. The van der Waals surface area contributed by atoms with Crippen molar-refractivity contribution in [3.05, 3.63) is 0 Å². The quantitative estimate of drug-likeness (QED) is 0.321. The normalized spacial score (nSPS) is 33.9. The summed E-state index contributed by atoms with van der Waals surface area (Å²) in [7, 11) is 0. The highest BCUT2D eigenvalue weighted by Crippen LogP contribution is 2.38. The van der Waals surface area contributed by atoms with Crippen LogP contribution in [0.1, 0.15) is 58.8 Å². The third-order valence-electron chi connectivity index (χ3n) is 5.52. The molecule has 0 bridgehead atoms. The van der Waals surface area contributed by atoms with Crippen LogP contribution in [0.3, 0.4) is 0 Å². The molecule has 114 valence electrons. The fourth-order valence-electron chi connectivity index (χ4n) is 3.73. The molecule has 2 aliphatic rings. The SMILES string of the molecule is CC1CCC(NC(=O)C2(C(N)=NO)CCCCC2)C1C. The van der Waals surface area contributed by atoms with Gasteiger partial charge in [0.1, 0.15) is 5.41 Å². The molecular formula is C15H27N3O2. The molecule has 1 amide bonds. The highest BCUT2D eigenvalue weighted by molar-refractivity contribution is 6.06. The van der Waals surface area contributed by atoms with Gasteiger partial charge in [-0.2, -0.15) is 0 Å². The Morgan fingerprint density at radius 2 is 1.90 bits per heavy atom. The highest BCUT2D eigenvalue weighted by atomic mass is 16.4. The third kappa shape index (κ3) is 2.63. The molecule has 0 radical (unpaired) electrons. The van der Waals surface area contributed by atoms with Gasteiger partial charge >= 0.3 is 0 Å². The molecule has 0 heterocycles. The lowest BCUT2D eigenvalue weighted by atomic mass is 9.72. The minimum absolute atomic E-state index is 0.0431. The number of hydrogen-bond acceptors (Lipinski definition) is 3. The molecule has 0 saturated heterocycles. The summed E-state index contributed by atoms with van der Waals surface area (Å²) in [6, 6.07) is 0.225. The lowest BCUT2D eigenvalue weighted by Gasteiger charge is -2.36. The van der Waals surface area contributed by atoms with Crippen molar-refractivity contribution < 1.29 is 10.0 Å². The van der Waals surface area contributed by atoms with Crippen molar-refractivity contribution >= 4 is 11.7 Å². The molecule has 2 fully saturated rings. The Morgan fingerprint density at radius 3 is 2.40 bits per heavy atom. The number of rotatable bonds is 3. The first-order valence-corrected chi connectivity index (χ1v) is 7.80. The number of nitrogens with zero attached hydrogens (tertiary/aromatic N) is 1. The minimum atomic E-state index is -0.793. The summed E-state index contributed by atoms with van der Waals surface area (Å²) in [5.41, 5.74) is 5.07. The first-order valence-electron chi connectivity index (χ1n) is 7.80. The molecule has 2 aliphatic carbocycles. The van der Waals surface area contributed by atoms with Crippen molar-refractivity contribution in [2.75, 3.05) is 0 Å². The summed E-state index contributed by atoms with van der Waals surface area (Å²) >= 11 is 0. The Balaban J connectivity index is 2.11. The molecule has 0 aromatic heterocycles. The van der Waals surface area contributed by atoms with E-state index in [0.29, 0.717) is 24.7 Å². The van der Waals surface area contributed by atoms with E-state index in [1.165, 1.54) is 0 Å². The van der Waals surface area contributed by atoms with Gasteiger partial charge in [-0.05, 0) is 37.5 Å². The topological polar surface area (TPSA) is 87.7 Å². The maximum absolute atomic E-state index is 12.7. The predicted molar refractivity (Wildman–Crippen MR) is 78.4 cm³/mol. The fourth-order valence-corrected chi connectivity index (χ4v) is 3.73. The van der Waals surface area contributed by atoms with E-state index in [2.05, 4.69) is 24.3 Å². The molecule has 2 saturated carbocycles. The van der Waals surface area contributed by atoms with Crippen molar-refractivity contribution in [1.29, 1.82) is 0 Å². The van der Waals surface area contributed by atoms with Gasteiger partial charge in [-0.15, -0.1) is 0 Å². The second kappa shape index (κ2) is 6.02. The van der Waals surface area contributed by atoms with Crippen molar-refractivity contribution in [2.24, 2.45) is 28.1 Å². The van der Waals surface area contributed by atoms with E-state index >= 15 is 0 Å². The largest absolute Gasteiger partial charge is 0.409 e. The summed E-state index contributed by atoms with van der Waals surface area (Å²) in [6.07, 6.45) is 6.59. The van der Waals surface area contributed by atoms with Gasteiger partial charge in [0.15, 0.2) is 5.84 Å². The van der Waals surface area contributed by atoms with Gasteiger partial charge in [0.05, 0.1) is 0 Å². The number of oxime groups is 1. The van der Waals surface area contributed by atoms with Crippen LogP contribution in [0.5, 0.6) is 0 Å². The molecule has 0 aromatic rings. The molecule has 3 atom stereocenters. The van der Waals surface area contributed by atoms with Crippen LogP contribution in [-0.2, 0) is 4.79 Å². The average molecular weight is 281 g/mol. The van der Waals surface area contributed by atoms with Gasteiger partial charge in [-0.3, -0.25) is 4.79 Å². The molecule has 5 heteroatoms. The Bertz CT molecular complexity index is 389. The summed E-state index contributed by atoms with van der Waals surface area (Å²) in [4.78, 5) is 12.7. The van der Waals surface area contributed by atoms with E-state index in [1.807, 2.05) is 0 Å². The monoisotopic (exact) mass is 281 g/mol. The van der Waals surface area contributed by atoms with E-state index in [4.69, 9.17) is 10.9 Å². The van der Waals surface area contributed by atoms with Crippen molar-refractivity contribution in [2.45, 2.75) is 64.8 Å². The lowest BCUT2D eigenvalue weighted by Crippen LogP contribution is -2.53. The predicted octanol–water partition coefficient (Wildman–Crippen LogP) is 2.23. The molecule has 5 nitrogen and oxygen atoms in total. The summed E-state index contributed by atoms with van der Waals surface area (Å²) in [6.45, 7) is 4.43. The molecule has 4 N–H and O–H groups in total. The van der Waals surface area contributed by atoms with E-state index in [1.54, 1.807) is 0 Å². The zero-order valence-corrected chi connectivity index (χ0v) is 12.6. The summed E-state index contributed by atoms with van der Waals surface area (Å²) < 4.78 is 0. The maximum atomic E-state index is 12.7. The number of amides is 1. The van der Waals surface area contributed by atoms with Gasteiger partial charge in [0.25, 0.3) is 0 Å². The first-order chi connectivity index (χ1) is 9.51. The average Bonchev–Trinajstić information content (AvgIpc) is 2.79. The molecule has 2 rings (SSSR count). The van der Waals surface area contributed by atoms with Gasteiger partial charge in [-0.25, -0.2) is 0 Å². The van der Waals surface area contributed by atoms with Crippen LogP contribution >= 0.6 is 0 Å². The molecule has 0 spiro atoms. The van der Waals surface area contributed by atoms with Gasteiger partial charge in [0, 0.05) is 6.04 Å². The van der Waals surface area contributed by atoms with Crippen LogP contribution in [0.25, 0.3) is 0 Å². The van der Waals surface area contributed by atoms with Gasteiger partial charge in [0.2, 0.25) is 5.91 Å². The van der Waals surface area contributed by atoms with Crippen LogP contribution in [0, 0.1) is 17.3 Å². The Labute approximate surface area is 121 Å². The van der Waals surface area contributed by atoms with Crippen molar-refractivity contribution in [1.82, 2.24) is 5.32 Å². The zero-order chi connectivity index (χ0) is 14.8. The second-order valence-corrected chi connectivity index (χ2v) is 6.62. The summed E-state index contributed by atoms with van der Waals surface area (Å²) in [5.74, 6) is 1.17. The smallest absolute Gasteiger partial charge is 0.234 e. The Hall–Kier alpha value is -1.26. The van der Waals surface area contributed by atoms with Crippen LogP contribution in [0.4, 0.5) is 0 Å². The number of amidine groups is 1. The third-order valence-corrected chi connectivity index (χ3v) is 5.52. The highest BCUT2D eigenvalue weighted by Gasteiger charge is 2.45. The van der Waals surface area contributed by atoms with Crippen LogP contribution in [0.15, 0.2) is 5.16 Å². The van der Waals surface area contributed by atoms with Crippen molar-refractivity contribution in [3.63, 3.8) is 0 Å². The van der Waals surface area contributed by atoms with Gasteiger partial charge < -0.3 is 16.3 Å². The molecule has 0 aromatic carbocycles. The van der Waals surface area contributed by atoms with E-state index in [-0.39, 0.29) is 17.8 Å². The number of nitrogens with two attached hydrogens (primary N) is 1. The number of carbonyl (C=O) groups is 1. The molecular weight excluding hydrogens is 254 g/mol. The van der Waals surface area contributed by atoms with Crippen LogP contribution < -0.4 is 11.1 Å². The molecule has 0 aliphatic heterocycles. The molecule has 20 heavy (non-hydrogen) atoms. The lowest BCUT2D eigenvalue weighted by molar-refractivity contribution is -0.130. The first kappa shape index (κ1) is 15.1. The minimum Gasteiger partial charge on any atom is -0.409 e. The maximum Gasteiger partial charge on any atom is 0.234 e. The number of hydrogen-bond donors (Lipinski definition) is 3. The van der Waals surface area contributed by atoms with Crippen molar-refractivity contribution in [3.8, 4) is 0 Å². The zero-order valence-electron chi connectivity index (χ0n) is 12.6. The summed E-state index contributed by atoms with van der Waals surface area (Å²) in [5, 5.41) is 15.4. The van der Waals surface area contributed by atoms with Gasteiger partial charge in [-0.1, -0.05) is 38.3 Å². The Kier molecular flexibility index (Phi) is 4.55. The fraction of sp³-hybridized carbons (Fsp3) is 0.867. The van der Waals surface area contributed by atoms with Crippen LogP contribution in [-0.4, -0.2) is 23.0 Å². The van der Waals surface area contributed by atoms with E-state index in [0.717, 1.165) is 32.1 Å². The van der Waals surface area contributed by atoms with Crippen LogP contribution in [0.2, 0.25) is 0 Å². The van der Waals surface area contributed by atoms with E-state index in [9.17, 15) is 4.79 Å². The number of nitrogens with one attached hydrogen (secondary N) is 1. The second-order valence-electron chi connectivity index (χ2n) is 6.62. The van der Waals surface area contributed by atoms with E-state index < -0.39 is 5.41 Å². The standard InChI is InChI=1S/C15H27N3O2/c1-10-6-7-12(11(10)2)17-14(19)15(13(16)18-20)8-4-3-5-9-15/h10-12,20H,3-9H2,1-2H3,(H2,16,18)(H,17,19).